The molecule has 0 aliphatic carbocycles. The molecule has 0 saturated heterocycles. The van der Waals surface area contributed by atoms with E-state index in [0.29, 0.717) is 27.9 Å². The van der Waals surface area contributed by atoms with Crippen LogP contribution >= 0.6 is 0 Å². The molecule has 2 heterocycles. The van der Waals surface area contributed by atoms with Crippen molar-refractivity contribution in [2.75, 3.05) is 0 Å². The second-order valence-electron chi connectivity index (χ2n) is 6.30. The van der Waals surface area contributed by atoms with E-state index in [-0.39, 0.29) is 11.3 Å². The van der Waals surface area contributed by atoms with E-state index >= 15 is 0 Å². The lowest BCUT2D eigenvalue weighted by molar-refractivity contribution is -0.385. The van der Waals surface area contributed by atoms with Gasteiger partial charge < -0.3 is 0 Å². The van der Waals surface area contributed by atoms with Gasteiger partial charge >= 0.3 is 0 Å². The number of carbonyl (C=O) groups is 1. The monoisotopic (exact) mass is 397 g/mol. The molecule has 146 valence electrons. The van der Waals surface area contributed by atoms with Crippen molar-refractivity contribution >= 4 is 28.7 Å². The Hall–Kier alpha value is -4.46. The van der Waals surface area contributed by atoms with Crippen molar-refractivity contribution in [2.24, 2.45) is 5.10 Å². The van der Waals surface area contributed by atoms with Gasteiger partial charge in [-0.3, -0.25) is 19.9 Å². The minimum atomic E-state index is -0.501. The largest absolute Gasteiger partial charge is 0.278 e. The van der Waals surface area contributed by atoms with E-state index in [4.69, 9.17) is 0 Å². The molecule has 2 aromatic carbocycles. The molecular formula is C22H15N5O3. The Morgan fingerprint density at radius 1 is 1.00 bits per heavy atom. The number of aromatic nitrogens is 2. The van der Waals surface area contributed by atoms with Crippen LogP contribution in [-0.4, -0.2) is 27.0 Å². The lowest BCUT2D eigenvalue weighted by Gasteiger charge is -2.08. The van der Waals surface area contributed by atoms with Gasteiger partial charge in [0.1, 0.15) is 0 Å². The van der Waals surface area contributed by atoms with Crippen LogP contribution in [0.25, 0.3) is 22.3 Å². The van der Waals surface area contributed by atoms with Gasteiger partial charge in [-0.15, -0.1) is 0 Å². The average Bonchev–Trinajstić information content (AvgIpc) is 2.79. The van der Waals surface area contributed by atoms with Gasteiger partial charge in [-0.25, -0.2) is 10.4 Å². The fraction of sp³-hybridized carbons (Fsp3) is 0. The highest BCUT2D eigenvalue weighted by Crippen LogP contribution is 2.23. The van der Waals surface area contributed by atoms with E-state index in [9.17, 15) is 14.9 Å². The molecule has 2 aromatic heterocycles. The molecule has 0 unspecified atom stereocenters. The van der Waals surface area contributed by atoms with Crippen molar-refractivity contribution in [3.63, 3.8) is 0 Å². The summed E-state index contributed by atoms with van der Waals surface area (Å²) >= 11 is 0. The second kappa shape index (κ2) is 8.27. The van der Waals surface area contributed by atoms with E-state index in [0.717, 1.165) is 0 Å². The minimum absolute atomic E-state index is 0.0951. The molecule has 4 aromatic rings. The summed E-state index contributed by atoms with van der Waals surface area (Å²) in [5.41, 5.74) is 4.86. The van der Waals surface area contributed by atoms with Crippen LogP contribution in [-0.2, 0) is 0 Å². The lowest BCUT2D eigenvalue weighted by Crippen LogP contribution is -2.18. The first-order valence-electron chi connectivity index (χ1n) is 9.01. The van der Waals surface area contributed by atoms with E-state index in [1.165, 1.54) is 12.3 Å². The minimum Gasteiger partial charge on any atom is -0.267 e. The topological polar surface area (TPSA) is 110 Å². The highest BCUT2D eigenvalue weighted by Gasteiger charge is 2.14. The zero-order valence-corrected chi connectivity index (χ0v) is 15.6. The third-order valence-electron chi connectivity index (χ3n) is 4.39. The standard InChI is InChI=1S/C22H15N5O3/c28-22(26-24-14-15-7-1-4-11-21(15)27(29)30)17-13-20(19-10-5-6-12-23-19)25-18-9-3-2-8-16(17)18/h1-14H,(H,26,28)/b24-14+. The van der Waals surface area contributed by atoms with Gasteiger partial charge in [0.25, 0.3) is 11.6 Å². The smallest absolute Gasteiger partial charge is 0.267 e. The van der Waals surface area contributed by atoms with Crippen LogP contribution in [0.5, 0.6) is 0 Å². The molecule has 4 rings (SSSR count). The summed E-state index contributed by atoms with van der Waals surface area (Å²) in [5.74, 6) is -0.458. The fourth-order valence-corrected chi connectivity index (χ4v) is 2.99. The molecule has 0 saturated carbocycles. The number of fused-ring (bicyclic) bond motifs is 1. The molecule has 0 fully saturated rings. The van der Waals surface area contributed by atoms with Crippen molar-refractivity contribution in [1.82, 2.24) is 15.4 Å². The molecular weight excluding hydrogens is 382 g/mol. The maximum atomic E-state index is 12.8. The number of rotatable bonds is 5. The number of pyridine rings is 2. The Labute approximate surface area is 171 Å². The first-order valence-corrected chi connectivity index (χ1v) is 9.01. The van der Waals surface area contributed by atoms with Crippen LogP contribution in [0.15, 0.2) is 84.1 Å². The number of hydrazone groups is 1. The number of benzene rings is 2. The highest BCUT2D eigenvalue weighted by molar-refractivity contribution is 6.07. The Kier molecular flexibility index (Phi) is 5.21. The summed E-state index contributed by atoms with van der Waals surface area (Å²) in [4.78, 5) is 32.3. The molecule has 0 aliphatic heterocycles. The third kappa shape index (κ3) is 3.88. The maximum Gasteiger partial charge on any atom is 0.278 e. The summed E-state index contributed by atoms with van der Waals surface area (Å²) in [6, 6.07) is 20.5. The van der Waals surface area contributed by atoms with Crippen LogP contribution in [0.3, 0.4) is 0 Å². The molecule has 0 spiro atoms. The fourth-order valence-electron chi connectivity index (χ4n) is 2.99. The number of nitro groups is 1. The molecule has 0 atom stereocenters. The van der Waals surface area contributed by atoms with E-state index in [1.807, 2.05) is 30.3 Å². The predicted octanol–water partition coefficient (Wildman–Crippen LogP) is 3.97. The summed E-state index contributed by atoms with van der Waals surface area (Å²) in [6.07, 6.45) is 2.90. The van der Waals surface area contributed by atoms with Gasteiger partial charge in [0.05, 0.1) is 39.2 Å². The van der Waals surface area contributed by atoms with Gasteiger partial charge in [0.15, 0.2) is 0 Å². The van der Waals surface area contributed by atoms with Crippen LogP contribution in [0.2, 0.25) is 0 Å². The average molecular weight is 397 g/mol. The Balaban J connectivity index is 1.67. The van der Waals surface area contributed by atoms with E-state index in [2.05, 4.69) is 20.5 Å². The zero-order chi connectivity index (χ0) is 20.9. The number of nitrogens with zero attached hydrogens (tertiary/aromatic N) is 4. The quantitative estimate of drug-likeness (QED) is 0.311. The van der Waals surface area contributed by atoms with Crippen LogP contribution in [0.4, 0.5) is 5.69 Å². The van der Waals surface area contributed by atoms with Gasteiger partial charge in [0, 0.05) is 17.6 Å². The Morgan fingerprint density at radius 2 is 1.77 bits per heavy atom. The van der Waals surface area contributed by atoms with Crippen LogP contribution in [0, 0.1) is 10.1 Å². The predicted molar refractivity (Wildman–Crippen MR) is 113 cm³/mol. The summed E-state index contributed by atoms with van der Waals surface area (Å²) in [6.45, 7) is 0. The SMILES string of the molecule is O=C(N/N=C/c1ccccc1[N+](=O)[O-])c1cc(-c2ccccn2)nc2ccccc12. The van der Waals surface area contributed by atoms with Crippen LogP contribution < -0.4 is 5.43 Å². The van der Waals surface area contributed by atoms with Gasteiger partial charge in [-0.1, -0.05) is 36.4 Å². The maximum absolute atomic E-state index is 12.8. The lowest BCUT2D eigenvalue weighted by atomic mass is 10.1. The van der Waals surface area contributed by atoms with Crippen molar-refractivity contribution in [3.8, 4) is 11.4 Å². The van der Waals surface area contributed by atoms with Gasteiger partial charge in [-0.05, 0) is 30.3 Å². The highest BCUT2D eigenvalue weighted by atomic mass is 16.6. The molecule has 1 amide bonds. The second-order valence-corrected chi connectivity index (χ2v) is 6.30. The van der Waals surface area contributed by atoms with Gasteiger partial charge in [0.2, 0.25) is 0 Å². The Bertz CT molecular complexity index is 1270. The van der Waals surface area contributed by atoms with Crippen LogP contribution in [0.1, 0.15) is 15.9 Å². The van der Waals surface area contributed by atoms with Crippen molar-refractivity contribution in [2.45, 2.75) is 0 Å². The summed E-state index contributed by atoms with van der Waals surface area (Å²) < 4.78 is 0. The number of carbonyl (C=O) groups excluding carboxylic acids is 1. The number of amides is 1. The summed E-state index contributed by atoms with van der Waals surface area (Å²) in [5, 5.41) is 15.7. The number of hydrogen-bond donors (Lipinski definition) is 1. The number of hydrogen-bond acceptors (Lipinski definition) is 6. The zero-order valence-electron chi connectivity index (χ0n) is 15.6. The molecule has 8 heteroatoms. The first-order chi connectivity index (χ1) is 14.6. The molecule has 8 nitrogen and oxygen atoms in total. The summed E-state index contributed by atoms with van der Waals surface area (Å²) in [7, 11) is 0. The molecule has 0 radical (unpaired) electrons. The Morgan fingerprint density at radius 3 is 2.57 bits per heavy atom. The number of nitro benzene ring substituents is 1. The first kappa shape index (κ1) is 18.9. The third-order valence-corrected chi connectivity index (χ3v) is 4.39. The number of nitrogens with one attached hydrogen (secondary N) is 1. The van der Waals surface area contributed by atoms with Crippen molar-refractivity contribution < 1.29 is 9.72 Å². The van der Waals surface area contributed by atoms with E-state index in [1.54, 1.807) is 42.6 Å². The normalized spacial score (nSPS) is 10.9. The molecule has 0 bridgehead atoms. The van der Waals surface area contributed by atoms with Crippen molar-refractivity contribution in [1.29, 1.82) is 0 Å². The van der Waals surface area contributed by atoms with Gasteiger partial charge in [-0.2, -0.15) is 5.10 Å². The molecule has 1 N–H and O–H groups in total. The van der Waals surface area contributed by atoms with Crippen molar-refractivity contribution in [3.05, 3.63) is 100 Å². The molecule has 30 heavy (non-hydrogen) atoms. The van der Waals surface area contributed by atoms with E-state index < -0.39 is 10.8 Å². The number of para-hydroxylation sites is 2. The molecule has 0 aliphatic rings.